The Morgan fingerprint density at radius 2 is 1.19 bits per heavy atom. The molecule has 0 aromatic heterocycles. The molecule has 0 saturated heterocycles. The topological polar surface area (TPSA) is 12.0 Å². The summed E-state index contributed by atoms with van der Waals surface area (Å²) >= 11 is 0. The van der Waals surface area contributed by atoms with Gasteiger partial charge in [0.25, 0.3) is 0 Å². The van der Waals surface area contributed by atoms with Crippen LogP contribution < -0.4 is 5.32 Å². The predicted octanol–water partition coefficient (Wildman–Crippen LogP) is 6.20. The van der Waals surface area contributed by atoms with E-state index in [0.29, 0.717) is 12.0 Å². The van der Waals surface area contributed by atoms with E-state index in [1.54, 1.807) is 0 Å². The fraction of sp³-hybridized carbons (Fsp3) is 0.900. The van der Waals surface area contributed by atoms with E-state index >= 15 is 0 Å². The first-order chi connectivity index (χ1) is 9.99. The van der Waals surface area contributed by atoms with Crippen LogP contribution in [0.5, 0.6) is 0 Å². The van der Waals surface area contributed by atoms with E-state index in [9.17, 15) is 0 Å². The smallest absolute Gasteiger partial charge is 0.00357 e. The Hall–Kier alpha value is -0.300. The van der Waals surface area contributed by atoms with Crippen LogP contribution in [0.3, 0.4) is 0 Å². The summed E-state index contributed by atoms with van der Waals surface area (Å²) in [5.41, 5.74) is 0. The molecule has 0 saturated carbocycles. The normalized spacial score (nSPS) is 17.2. The molecule has 126 valence electrons. The Bertz CT molecular complexity index is 236. The van der Waals surface area contributed by atoms with Crippen molar-refractivity contribution in [2.24, 2.45) is 17.8 Å². The molecule has 21 heavy (non-hydrogen) atoms. The van der Waals surface area contributed by atoms with Crippen molar-refractivity contribution in [2.45, 2.75) is 91.5 Å². The highest BCUT2D eigenvalue weighted by atomic mass is 14.8. The van der Waals surface area contributed by atoms with E-state index in [4.69, 9.17) is 0 Å². The summed E-state index contributed by atoms with van der Waals surface area (Å²) < 4.78 is 0. The molecule has 0 spiro atoms. The van der Waals surface area contributed by atoms with Crippen molar-refractivity contribution in [1.29, 1.82) is 0 Å². The third kappa shape index (κ3) is 13.1. The van der Waals surface area contributed by atoms with E-state index in [2.05, 4.69) is 52.7 Å². The number of allylic oxidation sites excluding steroid dienone is 1. The molecule has 4 unspecified atom stereocenters. The van der Waals surface area contributed by atoms with Crippen LogP contribution in [0.4, 0.5) is 0 Å². The first kappa shape index (κ1) is 20.7. The molecule has 0 heterocycles. The highest BCUT2D eigenvalue weighted by molar-refractivity contribution is 4.74. The van der Waals surface area contributed by atoms with Gasteiger partial charge in [0.1, 0.15) is 0 Å². The zero-order chi connectivity index (χ0) is 16.1. The SMILES string of the molecule is C=CC(C)CCCC(C)CCCC(C)CCCC(C)NC. The summed E-state index contributed by atoms with van der Waals surface area (Å²) in [6.45, 7) is 13.3. The van der Waals surface area contributed by atoms with Gasteiger partial charge in [0.2, 0.25) is 0 Å². The van der Waals surface area contributed by atoms with E-state index in [1.165, 1.54) is 57.8 Å². The predicted molar refractivity (Wildman–Crippen MR) is 97.8 cm³/mol. The Labute approximate surface area is 135 Å². The van der Waals surface area contributed by atoms with Crippen molar-refractivity contribution in [1.82, 2.24) is 5.32 Å². The van der Waals surface area contributed by atoms with Crippen molar-refractivity contribution in [3.8, 4) is 0 Å². The zero-order valence-corrected chi connectivity index (χ0v) is 15.5. The van der Waals surface area contributed by atoms with Gasteiger partial charge in [-0.2, -0.15) is 0 Å². The van der Waals surface area contributed by atoms with Crippen molar-refractivity contribution in [3.05, 3.63) is 12.7 Å². The van der Waals surface area contributed by atoms with Crippen LogP contribution in [0, 0.1) is 17.8 Å². The van der Waals surface area contributed by atoms with Crippen LogP contribution in [0.1, 0.15) is 85.5 Å². The monoisotopic (exact) mass is 295 g/mol. The maximum atomic E-state index is 3.86. The molecular weight excluding hydrogens is 254 g/mol. The summed E-state index contributed by atoms with van der Waals surface area (Å²) in [6, 6.07) is 0.676. The molecule has 0 aliphatic carbocycles. The molecule has 0 aromatic carbocycles. The number of hydrogen-bond donors (Lipinski definition) is 1. The van der Waals surface area contributed by atoms with Gasteiger partial charge < -0.3 is 5.32 Å². The minimum Gasteiger partial charge on any atom is -0.317 e. The van der Waals surface area contributed by atoms with Crippen LogP contribution in [-0.4, -0.2) is 13.1 Å². The lowest BCUT2D eigenvalue weighted by molar-refractivity contribution is 0.384. The van der Waals surface area contributed by atoms with Gasteiger partial charge >= 0.3 is 0 Å². The van der Waals surface area contributed by atoms with Crippen molar-refractivity contribution in [3.63, 3.8) is 0 Å². The molecule has 0 fully saturated rings. The molecule has 0 aliphatic heterocycles. The summed E-state index contributed by atoms with van der Waals surface area (Å²) in [4.78, 5) is 0. The molecule has 0 rings (SSSR count). The summed E-state index contributed by atoms with van der Waals surface area (Å²) in [6.07, 6.45) is 14.5. The molecule has 0 amide bonds. The maximum absolute atomic E-state index is 3.86. The number of hydrogen-bond acceptors (Lipinski definition) is 1. The first-order valence-electron chi connectivity index (χ1n) is 9.29. The molecular formula is C20H41N. The van der Waals surface area contributed by atoms with Crippen molar-refractivity contribution < 1.29 is 0 Å². The number of nitrogens with one attached hydrogen (secondary N) is 1. The largest absolute Gasteiger partial charge is 0.317 e. The fourth-order valence-electron chi connectivity index (χ4n) is 2.93. The standard InChI is InChI=1S/C20H41N/c1-7-17(2)11-8-12-18(3)13-9-14-19(4)15-10-16-20(5)21-6/h7,17-21H,1,8-16H2,2-6H3. The minimum absolute atomic E-state index is 0.676. The van der Waals surface area contributed by atoms with Crippen LogP contribution >= 0.6 is 0 Å². The van der Waals surface area contributed by atoms with Crippen molar-refractivity contribution in [2.75, 3.05) is 7.05 Å². The average Bonchev–Trinajstić information content (AvgIpc) is 2.46. The lowest BCUT2D eigenvalue weighted by atomic mass is 9.91. The Morgan fingerprint density at radius 3 is 1.62 bits per heavy atom. The summed E-state index contributed by atoms with van der Waals surface area (Å²) in [5.74, 6) is 2.50. The molecule has 1 heteroatoms. The maximum Gasteiger partial charge on any atom is 0.00357 e. The van der Waals surface area contributed by atoms with Crippen LogP contribution in [0.25, 0.3) is 0 Å². The van der Waals surface area contributed by atoms with Gasteiger partial charge in [0, 0.05) is 6.04 Å². The quantitative estimate of drug-likeness (QED) is 0.376. The van der Waals surface area contributed by atoms with Gasteiger partial charge in [-0.05, 0) is 44.6 Å². The van der Waals surface area contributed by atoms with E-state index in [0.717, 1.165) is 11.8 Å². The second-order valence-corrected chi connectivity index (χ2v) is 7.41. The van der Waals surface area contributed by atoms with E-state index in [-0.39, 0.29) is 0 Å². The second-order valence-electron chi connectivity index (χ2n) is 7.41. The zero-order valence-electron chi connectivity index (χ0n) is 15.5. The summed E-state index contributed by atoms with van der Waals surface area (Å²) in [7, 11) is 2.06. The summed E-state index contributed by atoms with van der Waals surface area (Å²) in [5, 5.41) is 3.32. The Morgan fingerprint density at radius 1 is 0.762 bits per heavy atom. The van der Waals surface area contributed by atoms with Crippen LogP contribution in [0.15, 0.2) is 12.7 Å². The molecule has 0 bridgehead atoms. The highest BCUT2D eigenvalue weighted by Gasteiger charge is 2.07. The second kappa shape index (κ2) is 13.4. The molecule has 1 nitrogen and oxygen atoms in total. The van der Waals surface area contributed by atoms with Gasteiger partial charge in [-0.25, -0.2) is 0 Å². The Kier molecular flexibility index (Phi) is 13.2. The van der Waals surface area contributed by atoms with Gasteiger partial charge in [-0.3, -0.25) is 0 Å². The van der Waals surface area contributed by atoms with Gasteiger partial charge in [0.15, 0.2) is 0 Å². The molecule has 0 aliphatic rings. The van der Waals surface area contributed by atoms with Gasteiger partial charge in [-0.1, -0.05) is 71.8 Å². The Balaban J connectivity index is 3.48. The third-order valence-corrected chi connectivity index (χ3v) is 4.98. The van der Waals surface area contributed by atoms with E-state index in [1.807, 2.05) is 0 Å². The minimum atomic E-state index is 0.676. The lowest BCUT2D eigenvalue weighted by Gasteiger charge is -2.16. The third-order valence-electron chi connectivity index (χ3n) is 4.98. The number of rotatable bonds is 14. The highest BCUT2D eigenvalue weighted by Crippen LogP contribution is 2.21. The van der Waals surface area contributed by atoms with E-state index < -0.39 is 0 Å². The molecule has 4 atom stereocenters. The molecule has 0 radical (unpaired) electrons. The first-order valence-corrected chi connectivity index (χ1v) is 9.29. The molecule has 1 N–H and O–H groups in total. The van der Waals surface area contributed by atoms with Crippen LogP contribution in [0.2, 0.25) is 0 Å². The van der Waals surface area contributed by atoms with Gasteiger partial charge in [0.05, 0.1) is 0 Å². The molecule has 0 aromatic rings. The van der Waals surface area contributed by atoms with Crippen molar-refractivity contribution >= 4 is 0 Å². The van der Waals surface area contributed by atoms with Crippen LogP contribution in [-0.2, 0) is 0 Å². The van der Waals surface area contributed by atoms with Gasteiger partial charge in [-0.15, -0.1) is 6.58 Å². The fourth-order valence-corrected chi connectivity index (χ4v) is 2.93. The average molecular weight is 296 g/mol. The lowest BCUT2D eigenvalue weighted by Crippen LogP contribution is -2.20.